The molecule has 1 amide bonds. The molecule has 1 fully saturated rings. The summed E-state index contributed by atoms with van der Waals surface area (Å²) in [5, 5.41) is 1.33. The standard InChI is InChI=1S/C23H25ClFN3O2S2.ClH/c24-17-2-5-19(6-3-17)31-15-8-22(29)28(10-1-9-27-11-13-30-14-12-27)23-26-20-7-4-18(25)16-21(20)32-23;/h2-7,16H,1,8-15H2;1H. The van der Waals surface area contributed by atoms with Crippen LogP contribution in [0, 0.1) is 5.82 Å². The van der Waals surface area contributed by atoms with Crippen LogP contribution < -0.4 is 4.90 Å². The van der Waals surface area contributed by atoms with Crippen LogP contribution in [0.15, 0.2) is 47.4 Å². The van der Waals surface area contributed by atoms with Crippen molar-refractivity contribution in [1.29, 1.82) is 0 Å². The van der Waals surface area contributed by atoms with Crippen molar-refractivity contribution >= 4 is 68.4 Å². The molecular weight excluding hydrogens is 504 g/mol. The maximum Gasteiger partial charge on any atom is 0.229 e. The molecule has 178 valence electrons. The van der Waals surface area contributed by atoms with Crippen LogP contribution in [0.3, 0.4) is 0 Å². The van der Waals surface area contributed by atoms with Crippen molar-refractivity contribution in [3.63, 3.8) is 0 Å². The summed E-state index contributed by atoms with van der Waals surface area (Å²) in [4.78, 5) is 23.0. The average molecular weight is 531 g/mol. The second-order valence-corrected chi connectivity index (χ2v) is 10.1. The fourth-order valence-corrected chi connectivity index (χ4v) is 5.53. The van der Waals surface area contributed by atoms with Crippen LogP contribution in [-0.4, -0.2) is 60.9 Å². The summed E-state index contributed by atoms with van der Waals surface area (Å²) in [6.45, 7) is 4.86. The van der Waals surface area contributed by atoms with Gasteiger partial charge < -0.3 is 4.74 Å². The Morgan fingerprint density at radius 3 is 2.73 bits per heavy atom. The fourth-order valence-electron chi connectivity index (χ4n) is 3.53. The van der Waals surface area contributed by atoms with Gasteiger partial charge in [-0.05, 0) is 48.9 Å². The van der Waals surface area contributed by atoms with Crippen molar-refractivity contribution in [1.82, 2.24) is 9.88 Å². The van der Waals surface area contributed by atoms with E-state index < -0.39 is 0 Å². The molecule has 1 aromatic heterocycles. The van der Waals surface area contributed by atoms with Crippen molar-refractivity contribution in [2.75, 3.05) is 50.0 Å². The number of benzene rings is 2. The average Bonchev–Trinajstić information content (AvgIpc) is 3.21. The lowest BCUT2D eigenvalue weighted by Gasteiger charge is -2.27. The maximum atomic E-state index is 13.6. The zero-order valence-corrected chi connectivity index (χ0v) is 21.2. The van der Waals surface area contributed by atoms with E-state index in [1.165, 1.54) is 23.5 Å². The predicted molar refractivity (Wildman–Crippen MR) is 138 cm³/mol. The molecule has 2 aromatic carbocycles. The van der Waals surface area contributed by atoms with Crippen LogP contribution in [0.25, 0.3) is 10.2 Å². The lowest BCUT2D eigenvalue weighted by Crippen LogP contribution is -2.39. The Bertz CT molecular complexity index is 1050. The van der Waals surface area contributed by atoms with Gasteiger partial charge in [0, 0.05) is 48.3 Å². The molecule has 0 atom stereocenters. The van der Waals surface area contributed by atoms with E-state index in [1.54, 1.807) is 22.7 Å². The maximum absolute atomic E-state index is 13.6. The number of hydrogen-bond donors (Lipinski definition) is 0. The highest BCUT2D eigenvalue weighted by Gasteiger charge is 2.20. The van der Waals surface area contributed by atoms with Crippen LogP contribution in [0.4, 0.5) is 9.52 Å². The summed E-state index contributed by atoms with van der Waals surface area (Å²) in [7, 11) is 0. The van der Waals surface area contributed by atoms with Crippen molar-refractivity contribution < 1.29 is 13.9 Å². The summed E-state index contributed by atoms with van der Waals surface area (Å²) < 4.78 is 19.8. The second-order valence-electron chi connectivity index (χ2n) is 7.51. The zero-order valence-electron chi connectivity index (χ0n) is 18.0. The first kappa shape index (κ1) is 26.2. The van der Waals surface area contributed by atoms with E-state index in [9.17, 15) is 9.18 Å². The third-order valence-corrected chi connectivity index (χ3v) is 7.54. The number of carbonyl (C=O) groups is 1. The number of morpholine rings is 1. The molecule has 10 heteroatoms. The molecule has 0 bridgehead atoms. The molecule has 2 heterocycles. The van der Waals surface area contributed by atoms with Gasteiger partial charge in [-0.15, -0.1) is 24.2 Å². The van der Waals surface area contributed by atoms with Crippen molar-refractivity contribution in [3.8, 4) is 0 Å². The van der Waals surface area contributed by atoms with E-state index in [1.807, 2.05) is 24.3 Å². The van der Waals surface area contributed by atoms with E-state index in [0.29, 0.717) is 34.4 Å². The molecule has 0 saturated carbocycles. The van der Waals surface area contributed by atoms with Crippen LogP contribution in [0.1, 0.15) is 12.8 Å². The summed E-state index contributed by atoms with van der Waals surface area (Å²) >= 11 is 8.94. The van der Waals surface area contributed by atoms with Crippen molar-refractivity contribution in [2.24, 2.45) is 0 Å². The Labute approximate surface area is 212 Å². The molecule has 3 aromatic rings. The van der Waals surface area contributed by atoms with Gasteiger partial charge in [-0.1, -0.05) is 22.9 Å². The van der Waals surface area contributed by atoms with E-state index in [2.05, 4.69) is 9.88 Å². The Balaban J connectivity index is 0.00000306. The van der Waals surface area contributed by atoms with Crippen LogP contribution in [-0.2, 0) is 9.53 Å². The Kier molecular flexibility index (Phi) is 10.2. The molecular formula is C23H26Cl2FN3O2S2. The molecule has 1 aliphatic heterocycles. The first-order valence-electron chi connectivity index (χ1n) is 10.6. The Morgan fingerprint density at radius 2 is 1.97 bits per heavy atom. The number of thiazole rings is 1. The first-order chi connectivity index (χ1) is 15.6. The molecule has 5 nitrogen and oxygen atoms in total. The van der Waals surface area contributed by atoms with Gasteiger partial charge in [-0.2, -0.15) is 0 Å². The smallest absolute Gasteiger partial charge is 0.229 e. The van der Waals surface area contributed by atoms with Gasteiger partial charge in [0.1, 0.15) is 5.82 Å². The highest BCUT2D eigenvalue weighted by molar-refractivity contribution is 7.99. The molecule has 1 saturated heterocycles. The minimum Gasteiger partial charge on any atom is -0.379 e. The topological polar surface area (TPSA) is 45.7 Å². The highest BCUT2D eigenvalue weighted by atomic mass is 35.5. The number of amides is 1. The molecule has 0 radical (unpaired) electrons. The van der Waals surface area contributed by atoms with Crippen LogP contribution in [0.2, 0.25) is 5.02 Å². The minimum absolute atomic E-state index is 0. The number of ether oxygens (including phenoxy) is 1. The molecule has 0 N–H and O–H groups in total. The van der Waals surface area contributed by atoms with Gasteiger partial charge in [-0.3, -0.25) is 14.6 Å². The number of nitrogens with zero attached hydrogens (tertiary/aromatic N) is 3. The van der Waals surface area contributed by atoms with E-state index in [-0.39, 0.29) is 24.1 Å². The second kappa shape index (κ2) is 12.9. The first-order valence-corrected chi connectivity index (χ1v) is 12.8. The normalized spacial score (nSPS) is 14.2. The van der Waals surface area contributed by atoms with Gasteiger partial charge >= 0.3 is 0 Å². The van der Waals surface area contributed by atoms with Gasteiger partial charge in [0.15, 0.2) is 5.13 Å². The monoisotopic (exact) mass is 529 g/mol. The number of rotatable bonds is 9. The number of halogens is 3. The van der Waals surface area contributed by atoms with E-state index in [4.69, 9.17) is 16.3 Å². The number of anilines is 1. The zero-order chi connectivity index (χ0) is 22.3. The van der Waals surface area contributed by atoms with Crippen molar-refractivity contribution in [3.05, 3.63) is 53.3 Å². The van der Waals surface area contributed by atoms with Gasteiger partial charge in [0.25, 0.3) is 0 Å². The molecule has 4 rings (SSSR count). The number of aromatic nitrogens is 1. The summed E-state index contributed by atoms with van der Waals surface area (Å²) in [5.74, 6) is 0.408. The van der Waals surface area contributed by atoms with Gasteiger partial charge in [0.05, 0.1) is 23.4 Å². The SMILES string of the molecule is Cl.O=C(CCSc1ccc(Cl)cc1)N(CCCN1CCOCC1)c1nc2ccc(F)cc2s1. The molecule has 0 spiro atoms. The number of hydrogen-bond acceptors (Lipinski definition) is 6. The van der Waals surface area contributed by atoms with Crippen LogP contribution in [0.5, 0.6) is 0 Å². The summed E-state index contributed by atoms with van der Waals surface area (Å²) in [6.07, 6.45) is 1.25. The quantitative estimate of drug-likeness (QED) is 0.330. The summed E-state index contributed by atoms with van der Waals surface area (Å²) in [5.41, 5.74) is 0.716. The molecule has 0 aliphatic carbocycles. The molecule has 1 aliphatic rings. The van der Waals surface area contributed by atoms with Gasteiger partial charge in [-0.25, -0.2) is 9.37 Å². The molecule has 0 unspecified atom stereocenters. The number of fused-ring (bicyclic) bond motifs is 1. The largest absolute Gasteiger partial charge is 0.379 e. The van der Waals surface area contributed by atoms with Gasteiger partial charge in [0.2, 0.25) is 5.91 Å². The lowest BCUT2D eigenvalue weighted by molar-refractivity contribution is -0.118. The molecule has 33 heavy (non-hydrogen) atoms. The third-order valence-electron chi connectivity index (χ3n) is 5.23. The highest BCUT2D eigenvalue weighted by Crippen LogP contribution is 2.30. The van der Waals surface area contributed by atoms with E-state index in [0.717, 1.165) is 48.9 Å². The van der Waals surface area contributed by atoms with E-state index >= 15 is 0 Å². The van der Waals surface area contributed by atoms with Crippen LogP contribution >= 0.6 is 47.1 Å². The number of carbonyl (C=O) groups excluding carboxylic acids is 1. The minimum atomic E-state index is -0.294. The fraction of sp³-hybridized carbons (Fsp3) is 0.391. The summed E-state index contributed by atoms with van der Waals surface area (Å²) in [6, 6.07) is 12.2. The number of thioether (sulfide) groups is 1. The predicted octanol–water partition coefficient (Wildman–Crippen LogP) is 5.75. The third kappa shape index (κ3) is 7.53. The Morgan fingerprint density at radius 1 is 1.21 bits per heavy atom. The lowest BCUT2D eigenvalue weighted by atomic mass is 10.3. The van der Waals surface area contributed by atoms with Crippen molar-refractivity contribution in [2.45, 2.75) is 17.7 Å². The Hall–Kier alpha value is -1.42.